The second kappa shape index (κ2) is 8.00. The van der Waals surface area contributed by atoms with Gasteiger partial charge in [-0.25, -0.2) is 4.79 Å². The van der Waals surface area contributed by atoms with Crippen molar-refractivity contribution >= 4 is 47.6 Å². The molecule has 2 heterocycles. The predicted octanol–water partition coefficient (Wildman–Crippen LogP) is 0.534. The van der Waals surface area contributed by atoms with Crippen LogP contribution in [0.25, 0.3) is 0 Å². The van der Waals surface area contributed by atoms with Gasteiger partial charge in [0.25, 0.3) is 0 Å². The molecule has 0 aromatic heterocycles. The van der Waals surface area contributed by atoms with E-state index >= 15 is 0 Å². The topological polar surface area (TPSA) is 107 Å². The van der Waals surface area contributed by atoms with Crippen molar-refractivity contribution in [2.24, 2.45) is 5.92 Å². The summed E-state index contributed by atoms with van der Waals surface area (Å²) in [5.41, 5.74) is 0.511. The monoisotopic (exact) mass is 421 g/mol. The first kappa shape index (κ1) is 20.5. The molecule has 0 aliphatic carbocycles. The van der Waals surface area contributed by atoms with E-state index in [2.05, 4.69) is 4.65 Å². The minimum absolute atomic E-state index is 0.0229. The van der Waals surface area contributed by atoms with Gasteiger partial charge in [-0.2, -0.15) is 8.42 Å². The van der Waals surface area contributed by atoms with Crippen LogP contribution in [-0.2, 0) is 39.8 Å². The van der Waals surface area contributed by atoms with Gasteiger partial charge < -0.3 is 8.84 Å². The molecule has 0 bridgehead atoms. The lowest BCUT2D eigenvalue weighted by molar-refractivity contribution is -0.153. The van der Waals surface area contributed by atoms with Crippen LogP contribution in [0.4, 0.5) is 0 Å². The third kappa shape index (κ3) is 4.25. The van der Waals surface area contributed by atoms with Gasteiger partial charge in [0.05, 0.1) is 23.3 Å². The highest BCUT2D eigenvalue weighted by Crippen LogP contribution is 2.45. The van der Waals surface area contributed by atoms with E-state index in [0.29, 0.717) is 0 Å². The Bertz CT molecular complexity index is 946. The number of fused-ring (bicyclic) bond motifs is 1. The summed E-state index contributed by atoms with van der Waals surface area (Å²) in [4.78, 5) is 38.1. The van der Waals surface area contributed by atoms with E-state index in [1.54, 1.807) is 0 Å². The van der Waals surface area contributed by atoms with E-state index in [9.17, 15) is 22.8 Å². The smallest absolute Gasteiger partial charge is 0.378 e. The van der Waals surface area contributed by atoms with Gasteiger partial charge in [0.1, 0.15) is 5.78 Å². The highest BCUT2D eigenvalue weighted by molar-refractivity contribution is 8.00. The molecule has 11 heteroatoms. The van der Waals surface area contributed by atoms with Gasteiger partial charge in [-0.3, -0.25) is 14.5 Å². The number of benzene rings is 1. The molecule has 8 nitrogen and oxygen atoms in total. The summed E-state index contributed by atoms with van der Waals surface area (Å²) in [5.74, 6) is -2.46. The summed E-state index contributed by atoms with van der Waals surface area (Å²) < 4.78 is 31.9. The molecule has 2 atom stereocenters. The van der Waals surface area contributed by atoms with Crippen molar-refractivity contribution in [1.29, 1.82) is 0 Å². The number of hydrogen-bond acceptors (Lipinski definition) is 8. The molecule has 2 aliphatic rings. The molecule has 2 aliphatic heterocycles. The standard InChI is InChI=1S/C17H16BNO7S2/c1-28(23,24)26-13-9-27-16-12(15(21)19(16)14(13)17(22)25-18)8-11(20)7-10-5-3-2-4-6-10/h2-6,12,16H,7-9H2,1H3/t12-,16-/m1/s1. The molecule has 0 spiro atoms. The third-order valence-electron chi connectivity index (χ3n) is 4.29. The fourth-order valence-corrected chi connectivity index (χ4v) is 5.06. The summed E-state index contributed by atoms with van der Waals surface area (Å²) in [7, 11) is 1.01. The Morgan fingerprint density at radius 3 is 2.57 bits per heavy atom. The number of Topliss-reactive ketones (excluding diaryl/α,β-unsaturated/α-hetero) is 1. The van der Waals surface area contributed by atoms with Crippen molar-refractivity contribution in [1.82, 2.24) is 4.90 Å². The van der Waals surface area contributed by atoms with E-state index < -0.39 is 33.3 Å². The van der Waals surface area contributed by atoms with E-state index in [0.717, 1.165) is 16.7 Å². The maximum absolute atomic E-state index is 12.6. The Hall–Kier alpha value is -2.27. The zero-order chi connectivity index (χ0) is 20.5. The quantitative estimate of drug-likeness (QED) is 0.357. The molecule has 146 valence electrons. The van der Waals surface area contributed by atoms with Gasteiger partial charge in [0, 0.05) is 12.8 Å². The molecule has 1 aromatic rings. The number of carbonyl (C=O) groups excluding carboxylic acids is 3. The van der Waals surface area contributed by atoms with Gasteiger partial charge in [0.2, 0.25) is 5.91 Å². The molecular weight excluding hydrogens is 405 g/mol. The van der Waals surface area contributed by atoms with E-state index in [1.807, 2.05) is 30.3 Å². The molecule has 1 saturated heterocycles. The number of nitrogens with zero attached hydrogens (tertiary/aromatic N) is 1. The van der Waals surface area contributed by atoms with Gasteiger partial charge in [-0.15, -0.1) is 11.8 Å². The van der Waals surface area contributed by atoms with E-state index in [4.69, 9.17) is 12.2 Å². The molecule has 2 radical (unpaired) electrons. The van der Waals surface area contributed by atoms with Gasteiger partial charge in [-0.1, -0.05) is 30.3 Å². The first-order valence-electron chi connectivity index (χ1n) is 8.25. The van der Waals surface area contributed by atoms with Gasteiger partial charge in [0.15, 0.2) is 11.5 Å². The predicted molar refractivity (Wildman–Crippen MR) is 101 cm³/mol. The number of thioether (sulfide) groups is 1. The molecule has 0 saturated carbocycles. The van der Waals surface area contributed by atoms with Crippen molar-refractivity contribution in [3.05, 3.63) is 47.4 Å². The molecule has 0 unspecified atom stereocenters. The van der Waals surface area contributed by atoms with Crippen molar-refractivity contribution in [2.45, 2.75) is 18.2 Å². The van der Waals surface area contributed by atoms with Crippen LogP contribution >= 0.6 is 11.8 Å². The Kier molecular flexibility index (Phi) is 5.85. The summed E-state index contributed by atoms with van der Waals surface area (Å²) in [6, 6.07) is 9.16. The highest BCUT2D eigenvalue weighted by atomic mass is 32.2. The van der Waals surface area contributed by atoms with Crippen LogP contribution in [0.2, 0.25) is 0 Å². The molecule has 1 fully saturated rings. The second-order valence-corrected chi connectivity index (χ2v) is 9.07. The minimum atomic E-state index is -3.91. The molecule has 3 rings (SSSR count). The summed E-state index contributed by atoms with van der Waals surface area (Å²) in [6.07, 6.45) is 1.05. The largest absolute Gasteiger partial charge is 0.539 e. The van der Waals surface area contributed by atoms with Crippen molar-refractivity contribution in [3.8, 4) is 0 Å². The lowest BCUT2D eigenvalue weighted by atomic mass is 9.89. The fourth-order valence-electron chi connectivity index (χ4n) is 3.16. The first-order valence-corrected chi connectivity index (χ1v) is 11.1. The lowest BCUT2D eigenvalue weighted by Crippen LogP contribution is -2.62. The van der Waals surface area contributed by atoms with Crippen LogP contribution in [0.1, 0.15) is 12.0 Å². The van der Waals surface area contributed by atoms with Crippen LogP contribution in [0.15, 0.2) is 41.8 Å². The van der Waals surface area contributed by atoms with Crippen LogP contribution < -0.4 is 0 Å². The SMILES string of the molecule is [B]OC(=O)C1=C(OS(C)(=O)=O)CS[C@@H]2[C@H](CC(=O)Cc3ccccc3)C(=O)N12. The normalized spacial score (nSPS) is 21.6. The number of carbonyl (C=O) groups is 3. The van der Waals surface area contributed by atoms with E-state index in [1.165, 1.54) is 11.8 Å². The lowest BCUT2D eigenvalue weighted by Gasteiger charge is -2.49. The molecular formula is C17H16BNO7S2. The summed E-state index contributed by atoms with van der Waals surface area (Å²) in [5, 5.41) is -0.492. The summed E-state index contributed by atoms with van der Waals surface area (Å²) >= 11 is 1.21. The zero-order valence-electron chi connectivity index (χ0n) is 14.9. The maximum atomic E-state index is 12.6. The van der Waals surface area contributed by atoms with Crippen molar-refractivity contribution < 1.29 is 31.6 Å². The Morgan fingerprint density at radius 2 is 1.96 bits per heavy atom. The number of rotatable bonds is 7. The van der Waals surface area contributed by atoms with Crippen LogP contribution in [0.3, 0.4) is 0 Å². The van der Waals surface area contributed by atoms with Crippen LogP contribution in [-0.4, -0.2) is 56.4 Å². The first-order chi connectivity index (χ1) is 13.2. The zero-order valence-corrected chi connectivity index (χ0v) is 16.5. The fraction of sp³-hybridized carbons (Fsp3) is 0.353. The number of β-lactam (4-membered cyclic amide) rings is 1. The number of ketones is 1. The summed E-state index contributed by atoms with van der Waals surface area (Å²) in [6.45, 7) is 0. The highest BCUT2D eigenvalue weighted by Gasteiger charge is 2.54. The maximum Gasteiger partial charge on any atom is 0.378 e. The van der Waals surface area contributed by atoms with Crippen LogP contribution in [0.5, 0.6) is 0 Å². The Labute approximate surface area is 167 Å². The van der Waals surface area contributed by atoms with Crippen molar-refractivity contribution in [2.75, 3.05) is 12.0 Å². The second-order valence-electron chi connectivity index (χ2n) is 6.39. The Balaban J connectivity index is 1.76. The van der Waals surface area contributed by atoms with Gasteiger partial charge in [-0.05, 0) is 5.56 Å². The molecule has 28 heavy (non-hydrogen) atoms. The minimum Gasteiger partial charge on any atom is -0.539 e. The number of hydrogen-bond donors (Lipinski definition) is 0. The average molecular weight is 421 g/mol. The molecule has 1 aromatic carbocycles. The average Bonchev–Trinajstić information content (AvgIpc) is 2.64. The molecule has 1 amide bonds. The molecule has 0 N–H and O–H groups in total. The Morgan fingerprint density at radius 1 is 1.29 bits per heavy atom. The van der Waals surface area contributed by atoms with Crippen molar-refractivity contribution in [3.63, 3.8) is 0 Å². The van der Waals surface area contributed by atoms with Gasteiger partial charge >= 0.3 is 24.1 Å². The number of amides is 1. The van der Waals surface area contributed by atoms with E-state index in [-0.39, 0.29) is 35.8 Å². The third-order valence-corrected chi connectivity index (χ3v) is 6.10. The van der Waals surface area contributed by atoms with Crippen LogP contribution in [0, 0.1) is 5.92 Å².